The molecule has 30 heavy (non-hydrogen) atoms. The molecule has 2 aromatic heterocycles. The van der Waals surface area contributed by atoms with Gasteiger partial charge >= 0.3 is 5.97 Å². The first kappa shape index (κ1) is 20.9. The molecule has 0 saturated carbocycles. The van der Waals surface area contributed by atoms with E-state index in [1.165, 1.54) is 0 Å². The van der Waals surface area contributed by atoms with E-state index < -0.39 is 0 Å². The van der Waals surface area contributed by atoms with E-state index in [-0.39, 0.29) is 17.2 Å². The van der Waals surface area contributed by atoms with Crippen molar-refractivity contribution in [3.8, 4) is 16.9 Å². The largest absolute Gasteiger partial charge is 0.494 e. The summed E-state index contributed by atoms with van der Waals surface area (Å²) >= 11 is 7.80. The lowest BCUT2D eigenvalue weighted by Gasteiger charge is -2.32. The zero-order chi connectivity index (χ0) is 21.1. The molecule has 3 aromatic rings. The minimum absolute atomic E-state index is 0.0537. The molecule has 1 aliphatic rings. The summed E-state index contributed by atoms with van der Waals surface area (Å²) in [6.45, 7) is 6.32. The molecule has 6 nitrogen and oxygen atoms in total. The number of anilines is 1. The highest BCUT2D eigenvalue weighted by Gasteiger charge is 2.28. The molecular formula is C22H24ClN3O3S. The fraction of sp³-hybridized carbons (Fsp3) is 0.409. The Kier molecular flexibility index (Phi) is 6.39. The summed E-state index contributed by atoms with van der Waals surface area (Å²) in [6.07, 6.45) is 1.48. The standard InChI is InChI=1S/C22H24ClN3O3S/c1-3-28-16-7-5-14(6-8-16)17-13-30-20-18(17)19(24-22(23)25-20)26-11-9-15(10-12-26)21(27)29-4-2/h5-8,13,15H,3-4,9-12H2,1-2H3. The molecule has 158 valence electrons. The monoisotopic (exact) mass is 445 g/mol. The number of rotatable bonds is 6. The van der Waals surface area contributed by atoms with E-state index in [0.29, 0.717) is 13.2 Å². The Balaban J connectivity index is 1.65. The van der Waals surface area contributed by atoms with E-state index in [1.54, 1.807) is 11.3 Å². The van der Waals surface area contributed by atoms with Crippen molar-refractivity contribution >= 4 is 44.9 Å². The Morgan fingerprint density at radius 2 is 1.90 bits per heavy atom. The average molecular weight is 446 g/mol. The quantitative estimate of drug-likeness (QED) is 0.384. The van der Waals surface area contributed by atoms with Gasteiger partial charge < -0.3 is 14.4 Å². The summed E-state index contributed by atoms with van der Waals surface area (Å²) in [5, 5.41) is 3.34. The summed E-state index contributed by atoms with van der Waals surface area (Å²) in [7, 11) is 0. The van der Waals surface area contributed by atoms with Crippen LogP contribution in [-0.2, 0) is 9.53 Å². The molecular weight excluding hydrogens is 422 g/mol. The number of esters is 1. The van der Waals surface area contributed by atoms with Crippen LogP contribution in [0.3, 0.4) is 0 Å². The van der Waals surface area contributed by atoms with Gasteiger partial charge in [-0.1, -0.05) is 12.1 Å². The third kappa shape index (κ3) is 4.23. The van der Waals surface area contributed by atoms with Crippen LogP contribution in [0.15, 0.2) is 29.6 Å². The SMILES string of the molecule is CCOC(=O)C1CCN(c2nc(Cl)nc3scc(-c4ccc(OCC)cc4)c23)CC1. The summed E-state index contributed by atoms with van der Waals surface area (Å²) in [5.74, 6) is 1.52. The first-order valence-electron chi connectivity index (χ1n) is 10.2. The normalized spacial score (nSPS) is 14.8. The Morgan fingerprint density at radius 1 is 1.17 bits per heavy atom. The van der Waals surface area contributed by atoms with Crippen LogP contribution < -0.4 is 9.64 Å². The topological polar surface area (TPSA) is 64.5 Å². The van der Waals surface area contributed by atoms with Crippen LogP contribution in [0, 0.1) is 5.92 Å². The van der Waals surface area contributed by atoms with E-state index in [9.17, 15) is 4.79 Å². The highest BCUT2D eigenvalue weighted by molar-refractivity contribution is 7.17. The van der Waals surface area contributed by atoms with Crippen LogP contribution in [-0.4, -0.2) is 42.2 Å². The van der Waals surface area contributed by atoms with Crippen LogP contribution in [0.25, 0.3) is 21.3 Å². The molecule has 0 aliphatic carbocycles. The smallest absolute Gasteiger partial charge is 0.309 e. The Morgan fingerprint density at radius 3 is 2.57 bits per heavy atom. The van der Waals surface area contributed by atoms with Gasteiger partial charge in [0.2, 0.25) is 5.28 Å². The summed E-state index contributed by atoms with van der Waals surface area (Å²) < 4.78 is 10.8. The molecule has 0 unspecified atom stereocenters. The maximum Gasteiger partial charge on any atom is 0.309 e. The summed E-state index contributed by atoms with van der Waals surface area (Å²) in [6, 6.07) is 8.06. The molecule has 0 atom stereocenters. The Labute approximate surface area is 184 Å². The van der Waals surface area contributed by atoms with Crippen molar-refractivity contribution in [1.29, 1.82) is 0 Å². The number of piperidine rings is 1. The van der Waals surface area contributed by atoms with Crippen molar-refractivity contribution < 1.29 is 14.3 Å². The molecule has 0 radical (unpaired) electrons. The minimum Gasteiger partial charge on any atom is -0.494 e. The number of benzene rings is 1. The molecule has 1 aromatic carbocycles. The van der Waals surface area contributed by atoms with Gasteiger partial charge in [-0.15, -0.1) is 11.3 Å². The number of hydrogen-bond acceptors (Lipinski definition) is 7. The predicted molar refractivity (Wildman–Crippen MR) is 121 cm³/mol. The van der Waals surface area contributed by atoms with E-state index >= 15 is 0 Å². The zero-order valence-electron chi connectivity index (χ0n) is 17.1. The van der Waals surface area contributed by atoms with Crippen LogP contribution >= 0.6 is 22.9 Å². The van der Waals surface area contributed by atoms with Crippen molar-refractivity contribution in [2.45, 2.75) is 26.7 Å². The number of ether oxygens (including phenoxy) is 2. The molecule has 4 rings (SSSR count). The van der Waals surface area contributed by atoms with Gasteiger partial charge in [-0.3, -0.25) is 4.79 Å². The molecule has 1 fully saturated rings. The van der Waals surface area contributed by atoms with E-state index in [1.807, 2.05) is 26.0 Å². The Hall–Kier alpha value is -2.38. The highest BCUT2D eigenvalue weighted by Crippen LogP contribution is 2.40. The van der Waals surface area contributed by atoms with Gasteiger partial charge in [0.1, 0.15) is 16.4 Å². The van der Waals surface area contributed by atoms with Gasteiger partial charge in [-0.2, -0.15) is 4.98 Å². The van der Waals surface area contributed by atoms with Crippen LogP contribution in [0.1, 0.15) is 26.7 Å². The predicted octanol–water partition coefficient (Wildman–Crippen LogP) is 5.19. The molecule has 3 heterocycles. The summed E-state index contributed by atoms with van der Waals surface area (Å²) in [4.78, 5) is 24.2. The second-order valence-electron chi connectivity index (χ2n) is 7.12. The summed E-state index contributed by atoms with van der Waals surface area (Å²) in [5.41, 5.74) is 2.16. The molecule has 1 saturated heterocycles. The van der Waals surface area contributed by atoms with Gasteiger partial charge in [0.15, 0.2) is 0 Å². The number of thiophene rings is 1. The third-order valence-electron chi connectivity index (χ3n) is 5.28. The minimum atomic E-state index is -0.103. The van der Waals surface area contributed by atoms with Crippen molar-refractivity contribution in [2.75, 3.05) is 31.2 Å². The Bertz CT molecular complexity index is 1030. The first-order chi connectivity index (χ1) is 14.6. The maximum absolute atomic E-state index is 12.1. The molecule has 0 bridgehead atoms. The van der Waals surface area contributed by atoms with E-state index in [0.717, 1.165) is 58.8 Å². The number of carbonyl (C=O) groups excluding carboxylic acids is 1. The fourth-order valence-corrected chi connectivity index (χ4v) is 4.98. The van der Waals surface area contributed by atoms with Crippen molar-refractivity contribution in [1.82, 2.24) is 9.97 Å². The van der Waals surface area contributed by atoms with Crippen LogP contribution in [0.5, 0.6) is 5.75 Å². The molecule has 0 spiro atoms. The van der Waals surface area contributed by atoms with Crippen LogP contribution in [0.4, 0.5) is 5.82 Å². The van der Waals surface area contributed by atoms with Gasteiger partial charge in [0, 0.05) is 24.0 Å². The number of aromatic nitrogens is 2. The van der Waals surface area contributed by atoms with Crippen molar-refractivity contribution in [3.05, 3.63) is 34.9 Å². The molecule has 1 aliphatic heterocycles. The molecule has 0 amide bonds. The lowest BCUT2D eigenvalue weighted by Crippen LogP contribution is -2.37. The van der Waals surface area contributed by atoms with Gasteiger partial charge in [0.05, 0.1) is 24.5 Å². The number of halogens is 1. The second kappa shape index (κ2) is 9.18. The number of fused-ring (bicyclic) bond motifs is 1. The highest BCUT2D eigenvalue weighted by atomic mass is 35.5. The number of nitrogens with zero attached hydrogens (tertiary/aromatic N) is 3. The zero-order valence-corrected chi connectivity index (χ0v) is 18.6. The van der Waals surface area contributed by atoms with Crippen molar-refractivity contribution in [2.24, 2.45) is 5.92 Å². The lowest BCUT2D eigenvalue weighted by atomic mass is 9.96. The van der Waals surface area contributed by atoms with Gasteiger partial charge in [-0.05, 0) is 56.0 Å². The first-order valence-corrected chi connectivity index (χ1v) is 11.5. The number of hydrogen-bond donors (Lipinski definition) is 0. The maximum atomic E-state index is 12.1. The van der Waals surface area contributed by atoms with Gasteiger partial charge in [-0.25, -0.2) is 4.98 Å². The van der Waals surface area contributed by atoms with Gasteiger partial charge in [0.25, 0.3) is 0 Å². The van der Waals surface area contributed by atoms with Crippen molar-refractivity contribution in [3.63, 3.8) is 0 Å². The second-order valence-corrected chi connectivity index (χ2v) is 8.31. The molecule has 0 N–H and O–H groups in total. The average Bonchev–Trinajstić information content (AvgIpc) is 3.18. The third-order valence-corrected chi connectivity index (χ3v) is 6.32. The van der Waals surface area contributed by atoms with Crippen LogP contribution in [0.2, 0.25) is 5.28 Å². The lowest BCUT2D eigenvalue weighted by molar-refractivity contribution is -0.148. The van der Waals surface area contributed by atoms with E-state index in [4.69, 9.17) is 21.1 Å². The fourth-order valence-electron chi connectivity index (χ4n) is 3.82. The van der Waals surface area contributed by atoms with E-state index in [2.05, 4.69) is 32.4 Å². The number of carbonyl (C=O) groups is 1. The molecule has 8 heteroatoms.